The fraction of sp³-hybridized carbons (Fsp3) is 0.550. The molecule has 2 heterocycles. The van der Waals surface area contributed by atoms with Crippen molar-refractivity contribution in [1.29, 1.82) is 0 Å². The van der Waals surface area contributed by atoms with Crippen LogP contribution >= 0.6 is 23.1 Å². The predicted octanol–water partition coefficient (Wildman–Crippen LogP) is 4.51. The van der Waals surface area contributed by atoms with E-state index in [0.29, 0.717) is 47.4 Å². The van der Waals surface area contributed by atoms with Crippen LogP contribution < -0.4 is 5.32 Å². The summed E-state index contributed by atoms with van der Waals surface area (Å²) in [6, 6.07) is 0. The minimum atomic E-state index is -4.47. The number of rotatable bonds is 5. The van der Waals surface area contributed by atoms with Crippen LogP contribution in [0.25, 0.3) is 0 Å². The van der Waals surface area contributed by atoms with Gasteiger partial charge in [-0.05, 0) is 50.3 Å². The number of aromatic nitrogens is 2. The maximum atomic E-state index is 13.3. The number of amides is 1. The SMILES string of the molecule is CSc1sc(C(=O)NCCn2nc(C(F)(F)F)c3c2CCCC3)c2c1C(=O)CCC2. The number of hydrogen-bond donors (Lipinski definition) is 1. The monoisotopic (exact) mass is 457 g/mol. The first-order valence-corrected chi connectivity index (χ1v) is 12.0. The molecule has 162 valence electrons. The van der Waals surface area contributed by atoms with Crippen LogP contribution in [0.2, 0.25) is 0 Å². The van der Waals surface area contributed by atoms with Gasteiger partial charge in [-0.25, -0.2) is 0 Å². The Balaban J connectivity index is 1.49. The maximum absolute atomic E-state index is 13.3. The molecule has 0 unspecified atom stereocenters. The van der Waals surface area contributed by atoms with Crippen LogP contribution in [0.15, 0.2) is 4.21 Å². The molecule has 0 atom stereocenters. The molecule has 0 fully saturated rings. The number of carbonyl (C=O) groups excluding carboxylic acids is 2. The van der Waals surface area contributed by atoms with Gasteiger partial charge < -0.3 is 5.32 Å². The molecule has 30 heavy (non-hydrogen) atoms. The van der Waals surface area contributed by atoms with Crippen LogP contribution in [0.1, 0.15) is 68.2 Å². The van der Waals surface area contributed by atoms with Crippen LogP contribution in [0.3, 0.4) is 0 Å². The number of Topliss-reactive ketones (excluding diaryl/α,β-unsaturated/α-hetero) is 1. The Hall–Kier alpha value is -1.81. The van der Waals surface area contributed by atoms with Crippen LogP contribution in [0, 0.1) is 0 Å². The Morgan fingerprint density at radius 1 is 1.17 bits per heavy atom. The summed E-state index contributed by atoms with van der Waals surface area (Å²) in [6.07, 6.45) is 1.89. The second-order valence-electron chi connectivity index (χ2n) is 7.51. The topological polar surface area (TPSA) is 64.0 Å². The quantitative estimate of drug-likeness (QED) is 0.671. The van der Waals surface area contributed by atoms with E-state index in [0.717, 1.165) is 29.0 Å². The standard InChI is InChI=1S/C20H22F3N3O2S2/c1-29-19-15-12(6-4-8-14(15)27)16(30-19)18(28)24-9-10-26-13-7-3-2-5-11(13)17(25-26)20(21,22)23/h2-10H2,1H3,(H,24,28). The number of halogens is 3. The average Bonchev–Trinajstić information content (AvgIpc) is 3.27. The third-order valence-corrected chi connectivity index (χ3v) is 7.96. The van der Waals surface area contributed by atoms with Gasteiger partial charge >= 0.3 is 6.18 Å². The molecule has 0 aliphatic heterocycles. The number of alkyl halides is 3. The molecule has 0 bridgehead atoms. The molecule has 10 heteroatoms. The number of thioether (sulfide) groups is 1. The lowest BCUT2D eigenvalue weighted by atomic mass is 9.92. The highest BCUT2D eigenvalue weighted by atomic mass is 32.2. The van der Waals surface area contributed by atoms with Crippen molar-refractivity contribution in [3.05, 3.63) is 33.0 Å². The number of fused-ring (bicyclic) bond motifs is 2. The summed E-state index contributed by atoms with van der Waals surface area (Å²) in [5.41, 5.74) is 1.63. The van der Waals surface area contributed by atoms with Crippen molar-refractivity contribution in [2.45, 2.75) is 61.9 Å². The van der Waals surface area contributed by atoms with E-state index in [-0.39, 0.29) is 24.8 Å². The Kier molecular flexibility index (Phi) is 5.98. The van der Waals surface area contributed by atoms with E-state index in [2.05, 4.69) is 10.4 Å². The molecule has 0 spiro atoms. The fourth-order valence-electron chi connectivity index (χ4n) is 4.28. The molecule has 1 amide bonds. The van der Waals surface area contributed by atoms with Crippen molar-refractivity contribution in [2.75, 3.05) is 12.8 Å². The molecule has 4 rings (SSSR count). The minimum absolute atomic E-state index is 0.0822. The van der Waals surface area contributed by atoms with Crippen LogP contribution in [-0.4, -0.2) is 34.3 Å². The molecule has 0 saturated carbocycles. The Bertz CT molecular complexity index is 995. The van der Waals surface area contributed by atoms with Gasteiger partial charge in [-0.3, -0.25) is 14.3 Å². The molecule has 2 aromatic heterocycles. The summed E-state index contributed by atoms with van der Waals surface area (Å²) >= 11 is 2.79. The normalized spacial score (nSPS) is 16.3. The molecule has 2 aromatic rings. The number of thiophene rings is 1. The van der Waals surface area contributed by atoms with Crippen molar-refractivity contribution < 1.29 is 22.8 Å². The lowest BCUT2D eigenvalue weighted by Crippen LogP contribution is -2.28. The number of ketones is 1. The average molecular weight is 458 g/mol. The molecule has 0 radical (unpaired) electrons. The van der Waals surface area contributed by atoms with Gasteiger partial charge in [-0.1, -0.05) is 0 Å². The highest BCUT2D eigenvalue weighted by Gasteiger charge is 2.39. The van der Waals surface area contributed by atoms with Crippen LogP contribution in [-0.2, 0) is 32.0 Å². The van der Waals surface area contributed by atoms with Crippen molar-refractivity contribution in [1.82, 2.24) is 15.1 Å². The summed E-state index contributed by atoms with van der Waals surface area (Å²) in [7, 11) is 0. The van der Waals surface area contributed by atoms with E-state index in [4.69, 9.17) is 0 Å². The van der Waals surface area contributed by atoms with Gasteiger partial charge in [0.25, 0.3) is 5.91 Å². The van der Waals surface area contributed by atoms with Gasteiger partial charge in [0, 0.05) is 29.8 Å². The number of carbonyl (C=O) groups is 2. The molecule has 2 aliphatic carbocycles. The molecule has 0 aromatic carbocycles. The number of hydrogen-bond acceptors (Lipinski definition) is 5. The van der Waals surface area contributed by atoms with Crippen molar-refractivity contribution >= 4 is 34.8 Å². The van der Waals surface area contributed by atoms with Gasteiger partial charge in [0.2, 0.25) is 0 Å². The van der Waals surface area contributed by atoms with Crippen LogP contribution in [0.4, 0.5) is 13.2 Å². The zero-order chi connectivity index (χ0) is 21.5. The second-order valence-corrected chi connectivity index (χ2v) is 9.61. The summed E-state index contributed by atoms with van der Waals surface area (Å²) in [5.74, 6) is -0.193. The molecule has 0 saturated heterocycles. The third-order valence-electron chi connectivity index (χ3n) is 5.61. The van der Waals surface area contributed by atoms with E-state index in [1.165, 1.54) is 27.8 Å². The number of nitrogens with one attached hydrogen (secondary N) is 1. The van der Waals surface area contributed by atoms with E-state index >= 15 is 0 Å². The zero-order valence-corrected chi connectivity index (χ0v) is 18.2. The van der Waals surface area contributed by atoms with Crippen molar-refractivity contribution in [2.24, 2.45) is 0 Å². The Morgan fingerprint density at radius 3 is 2.63 bits per heavy atom. The zero-order valence-electron chi connectivity index (χ0n) is 16.5. The van der Waals surface area contributed by atoms with Gasteiger partial charge in [-0.2, -0.15) is 18.3 Å². The Morgan fingerprint density at radius 2 is 1.90 bits per heavy atom. The summed E-state index contributed by atoms with van der Waals surface area (Å²) in [5, 5.41) is 6.64. The van der Waals surface area contributed by atoms with E-state index in [1.807, 2.05) is 6.26 Å². The molecular weight excluding hydrogens is 435 g/mol. The molecule has 2 aliphatic rings. The minimum Gasteiger partial charge on any atom is -0.349 e. The summed E-state index contributed by atoms with van der Waals surface area (Å²) in [4.78, 5) is 25.6. The van der Waals surface area contributed by atoms with Gasteiger partial charge in [0.05, 0.1) is 15.6 Å². The van der Waals surface area contributed by atoms with E-state index in [1.54, 1.807) is 0 Å². The smallest absolute Gasteiger partial charge is 0.349 e. The predicted molar refractivity (Wildman–Crippen MR) is 110 cm³/mol. The van der Waals surface area contributed by atoms with Gasteiger partial charge in [-0.15, -0.1) is 23.1 Å². The van der Waals surface area contributed by atoms with Crippen LogP contribution in [0.5, 0.6) is 0 Å². The molecular formula is C20H22F3N3O2S2. The second kappa shape index (κ2) is 8.37. The molecule has 5 nitrogen and oxygen atoms in total. The van der Waals surface area contributed by atoms with Crippen molar-refractivity contribution in [3.63, 3.8) is 0 Å². The third kappa shape index (κ3) is 3.91. The van der Waals surface area contributed by atoms with Gasteiger partial charge in [0.1, 0.15) is 0 Å². The first-order valence-electron chi connectivity index (χ1n) is 9.98. The van der Waals surface area contributed by atoms with Crippen molar-refractivity contribution in [3.8, 4) is 0 Å². The van der Waals surface area contributed by atoms with Gasteiger partial charge in [0.15, 0.2) is 11.5 Å². The lowest BCUT2D eigenvalue weighted by Gasteiger charge is -2.15. The lowest BCUT2D eigenvalue weighted by molar-refractivity contribution is -0.142. The first kappa shape index (κ1) is 21.4. The fourth-order valence-corrected chi connectivity index (χ4v) is 6.32. The highest BCUT2D eigenvalue weighted by molar-refractivity contribution is 8.00. The number of nitrogens with zero attached hydrogens (tertiary/aromatic N) is 2. The molecule has 1 N–H and O–H groups in total. The summed E-state index contributed by atoms with van der Waals surface area (Å²) < 4.78 is 42.2. The van der Waals surface area contributed by atoms with E-state index < -0.39 is 11.9 Å². The first-order chi connectivity index (χ1) is 14.3. The highest BCUT2D eigenvalue weighted by Crippen LogP contribution is 2.39. The summed E-state index contributed by atoms with van der Waals surface area (Å²) in [6.45, 7) is 0.367. The van der Waals surface area contributed by atoms with E-state index in [9.17, 15) is 22.8 Å². The Labute approximate surface area is 180 Å². The largest absolute Gasteiger partial charge is 0.435 e. The maximum Gasteiger partial charge on any atom is 0.435 e.